The maximum atomic E-state index is 14.2. The number of allylic oxidation sites excluding steroid dienone is 1. The fraction of sp³-hybridized carbons (Fsp3) is 0.281. The Labute approximate surface area is 257 Å². The molecule has 3 heterocycles. The summed E-state index contributed by atoms with van der Waals surface area (Å²) in [7, 11) is 1.61. The lowest BCUT2D eigenvalue weighted by Crippen LogP contribution is -2.43. The minimum absolute atomic E-state index is 0.123. The number of para-hydroxylation sites is 1. The molecular weight excluding hydrogens is 647 g/mol. The summed E-state index contributed by atoms with van der Waals surface area (Å²) in [5.74, 6) is 0.496. The van der Waals surface area contributed by atoms with Gasteiger partial charge in [0.1, 0.15) is 11.8 Å². The first-order valence-electron chi connectivity index (χ1n) is 13.6. The number of thiazole rings is 1. The fourth-order valence-corrected chi connectivity index (χ4v) is 6.92. The third-order valence-electron chi connectivity index (χ3n) is 7.58. The van der Waals surface area contributed by atoms with Crippen LogP contribution in [0, 0.1) is 17.4 Å². The van der Waals surface area contributed by atoms with Crippen LogP contribution in [0.3, 0.4) is 0 Å². The van der Waals surface area contributed by atoms with E-state index in [4.69, 9.17) is 9.73 Å². The van der Waals surface area contributed by atoms with Crippen LogP contribution < -0.4 is 19.6 Å². The van der Waals surface area contributed by atoms with Crippen molar-refractivity contribution in [2.75, 3.05) is 20.2 Å². The second-order valence-corrected chi connectivity index (χ2v) is 12.2. The number of carbonyl (C=O) groups excluding carboxylic acids is 1. The first-order chi connectivity index (χ1) is 19.7. The number of aryl methyl sites for hydroxylation is 1. The highest BCUT2D eigenvalue weighted by Gasteiger charge is 2.35. The van der Waals surface area contributed by atoms with E-state index in [1.54, 1.807) is 16.6 Å². The van der Waals surface area contributed by atoms with Gasteiger partial charge in [-0.05, 0) is 105 Å². The van der Waals surface area contributed by atoms with Gasteiger partial charge in [-0.3, -0.25) is 14.2 Å². The molecule has 41 heavy (non-hydrogen) atoms. The number of halogens is 1. The maximum Gasteiger partial charge on any atom is 0.271 e. The second-order valence-electron chi connectivity index (χ2n) is 9.94. The van der Waals surface area contributed by atoms with Crippen molar-refractivity contribution in [1.29, 1.82) is 0 Å². The number of fused-ring (bicyclic) bond motifs is 1. The Morgan fingerprint density at radius 1 is 1.10 bits per heavy atom. The topological polar surface area (TPSA) is 68.8 Å². The molecule has 4 aromatic rings. The zero-order valence-corrected chi connectivity index (χ0v) is 27.0. The molecule has 0 saturated carbocycles. The van der Waals surface area contributed by atoms with Gasteiger partial charge in [-0.15, -0.1) is 0 Å². The first kappa shape index (κ1) is 29.1. The highest BCUT2D eigenvalue weighted by atomic mass is 127. The van der Waals surface area contributed by atoms with Gasteiger partial charge in [-0.2, -0.15) is 0 Å². The quantitative estimate of drug-likeness (QED) is 0.255. The van der Waals surface area contributed by atoms with E-state index in [1.165, 1.54) is 14.9 Å². The summed E-state index contributed by atoms with van der Waals surface area (Å²) in [5, 5.41) is 0. The molecule has 0 spiro atoms. The Morgan fingerprint density at radius 3 is 2.44 bits per heavy atom. The second kappa shape index (κ2) is 11.8. The maximum absolute atomic E-state index is 14.2. The monoisotopic (exact) mass is 680 g/mol. The zero-order chi connectivity index (χ0) is 29.4. The van der Waals surface area contributed by atoms with Gasteiger partial charge in [0.2, 0.25) is 0 Å². The van der Waals surface area contributed by atoms with Crippen LogP contribution in [0.5, 0.6) is 5.75 Å². The molecule has 5 rings (SSSR count). The van der Waals surface area contributed by atoms with Crippen LogP contribution in [0.2, 0.25) is 0 Å². The van der Waals surface area contributed by atoms with Crippen LogP contribution in [-0.2, 0) is 4.79 Å². The van der Waals surface area contributed by atoms with Crippen molar-refractivity contribution in [1.82, 2.24) is 14.0 Å². The fourth-order valence-electron chi connectivity index (χ4n) is 5.53. The van der Waals surface area contributed by atoms with Crippen molar-refractivity contribution in [3.8, 4) is 11.4 Å². The summed E-state index contributed by atoms with van der Waals surface area (Å²) >= 11 is 3.65. The van der Waals surface area contributed by atoms with E-state index in [0.29, 0.717) is 39.4 Å². The molecule has 9 heteroatoms. The Morgan fingerprint density at radius 2 is 1.78 bits per heavy atom. The van der Waals surface area contributed by atoms with Crippen molar-refractivity contribution < 1.29 is 9.53 Å². The van der Waals surface area contributed by atoms with E-state index in [9.17, 15) is 9.59 Å². The number of benzene rings is 2. The number of nitrogens with zero attached hydrogens (tertiary/aromatic N) is 4. The SMILES string of the molecule is CCN(CC)C(=O)C1=C(C)N=c2s/c(=C/c3cc(C)n(-c4ccc(I)cc4)c3C)c(=O)n2[C@@H]1c1ccccc1OC. The molecule has 0 aliphatic carbocycles. The van der Waals surface area contributed by atoms with Crippen LogP contribution in [0.15, 0.2) is 75.7 Å². The van der Waals surface area contributed by atoms with Gasteiger partial charge in [0.15, 0.2) is 4.80 Å². The number of carbonyl (C=O) groups is 1. The van der Waals surface area contributed by atoms with Crippen LogP contribution in [0.4, 0.5) is 0 Å². The van der Waals surface area contributed by atoms with Crippen molar-refractivity contribution >= 4 is 45.9 Å². The predicted molar refractivity (Wildman–Crippen MR) is 173 cm³/mol. The zero-order valence-electron chi connectivity index (χ0n) is 24.1. The summed E-state index contributed by atoms with van der Waals surface area (Å²) in [6.45, 7) is 11.0. The van der Waals surface area contributed by atoms with Gasteiger partial charge in [0.05, 0.1) is 22.9 Å². The number of rotatable bonds is 7. The Bertz CT molecular complexity index is 1840. The number of ether oxygens (including phenoxy) is 1. The molecule has 0 saturated heterocycles. The molecule has 0 N–H and O–H groups in total. The third kappa shape index (κ3) is 5.21. The van der Waals surface area contributed by atoms with Crippen molar-refractivity contribution in [2.24, 2.45) is 4.99 Å². The lowest BCUT2D eigenvalue weighted by Gasteiger charge is -2.29. The number of aromatic nitrogens is 2. The average molecular weight is 681 g/mol. The van der Waals surface area contributed by atoms with E-state index in [2.05, 4.69) is 71.3 Å². The van der Waals surface area contributed by atoms with E-state index >= 15 is 0 Å². The van der Waals surface area contributed by atoms with Gasteiger partial charge in [-0.1, -0.05) is 29.5 Å². The number of hydrogen-bond acceptors (Lipinski definition) is 5. The van der Waals surface area contributed by atoms with E-state index in [0.717, 1.165) is 28.2 Å². The molecule has 0 bridgehead atoms. The van der Waals surface area contributed by atoms with Crippen LogP contribution >= 0.6 is 33.9 Å². The molecule has 2 aromatic heterocycles. The first-order valence-corrected chi connectivity index (χ1v) is 15.5. The molecule has 7 nitrogen and oxygen atoms in total. The average Bonchev–Trinajstić information content (AvgIpc) is 3.42. The van der Waals surface area contributed by atoms with Gasteiger partial charge in [0.25, 0.3) is 11.5 Å². The molecule has 0 fully saturated rings. The summed E-state index contributed by atoms with van der Waals surface area (Å²) < 4.78 is 11.3. The number of hydrogen-bond donors (Lipinski definition) is 0. The molecule has 0 unspecified atom stereocenters. The van der Waals surface area contributed by atoms with Crippen molar-refractivity contribution in [3.05, 3.63) is 112 Å². The normalized spacial score (nSPS) is 15.1. The number of methoxy groups -OCH3 is 1. The standard InChI is InChI=1S/C32H33IN4O3S/c1-7-35(8-2)31(39)28-20(4)34-32-37(29(28)25-11-9-10-12-26(25)40-6)30(38)27(41-32)18-22-17-19(3)36(21(22)5)24-15-13-23(33)14-16-24/h9-18,29H,7-8H2,1-6H3/b27-18+/t29-/m1/s1. The summed E-state index contributed by atoms with van der Waals surface area (Å²) in [6.07, 6.45) is 1.94. The predicted octanol–water partition coefficient (Wildman–Crippen LogP) is 5.12. The van der Waals surface area contributed by atoms with Gasteiger partial charge in [-0.25, -0.2) is 4.99 Å². The molecule has 1 amide bonds. The molecule has 1 atom stereocenters. The van der Waals surface area contributed by atoms with Crippen LogP contribution in [0.25, 0.3) is 11.8 Å². The summed E-state index contributed by atoms with van der Waals surface area (Å²) in [6, 6.07) is 17.4. The van der Waals surface area contributed by atoms with Gasteiger partial charge >= 0.3 is 0 Å². The Hall–Kier alpha value is -3.44. The third-order valence-corrected chi connectivity index (χ3v) is 9.28. The molecule has 1 aliphatic heterocycles. The van der Waals surface area contributed by atoms with Crippen molar-refractivity contribution in [3.63, 3.8) is 0 Å². The summed E-state index contributed by atoms with van der Waals surface area (Å²) in [4.78, 5) is 35.2. The number of amides is 1. The molecule has 0 radical (unpaired) electrons. The van der Waals surface area contributed by atoms with E-state index in [1.807, 2.05) is 51.1 Å². The lowest BCUT2D eigenvalue weighted by atomic mass is 9.94. The minimum Gasteiger partial charge on any atom is -0.496 e. The highest BCUT2D eigenvalue weighted by molar-refractivity contribution is 14.1. The van der Waals surface area contributed by atoms with E-state index < -0.39 is 6.04 Å². The van der Waals surface area contributed by atoms with Crippen LogP contribution in [0.1, 0.15) is 49.3 Å². The van der Waals surface area contributed by atoms with Crippen molar-refractivity contribution in [2.45, 2.75) is 40.7 Å². The summed E-state index contributed by atoms with van der Waals surface area (Å²) in [5.41, 5.74) is 5.85. The molecule has 212 valence electrons. The highest BCUT2D eigenvalue weighted by Crippen LogP contribution is 2.36. The Kier molecular flexibility index (Phi) is 8.37. The molecular formula is C32H33IN4O3S. The van der Waals surface area contributed by atoms with E-state index in [-0.39, 0.29) is 11.5 Å². The largest absolute Gasteiger partial charge is 0.496 e. The van der Waals surface area contributed by atoms with Gasteiger partial charge in [0, 0.05) is 39.3 Å². The molecule has 1 aliphatic rings. The Balaban J connectivity index is 1.72. The van der Waals surface area contributed by atoms with Gasteiger partial charge < -0.3 is 14.2 Å². The lowest BCUT2D eigenvalue weighted by molar-refractivity contribution is -0.127. The smallest absolute Gasteiger partial charge is 0.271 e. The molecule has 2 aromatic carbocycles. The van der Waals surface area contributed by atoms with Crippen LogP contribution in [-0.4, -0.2) is 40.1 Å². The number of likely N-dealkylation sites (N-methyl/N-ethyl adjacent to an activating group) is 1. The minimum atomic E-state index is -0.656.